The van der Waals surface area contributed by atoms with Crippen molar-refractivity contribution in [1.29, 1.82) is 0 Å². The van der Waals surface area contributed by atoms with Crippen LogP contribution in [0.1, 0.15) is 35.7 Å². The number of carbonyl (C=O) groups excluding carboxylic acids is 2. The molecule has 2 amide bonds. The Bertz CT molecular complexity index is 950. The first kappa shape index (κ1) is 20.9. The summed E-state index contributed by atoms with van der Waals surface area (Å²) in [5.74, 6) is 0.299. The fourth-order valence-corrected chi connectivity index (χ4v) is 3.80. The van der Waals surface area contributed by atoms with E-state index in [0.717, 1.165) is 43.3 Å². The SMILES string of the molecule is Cc1ccc(C(=O)Nc2c(N)nc(SCC(=O)N3CCC(C)CC3)[nH]c2=O)cc1. The highest BCUT2D eigenvalue weighted by Gasteiger charge is 2.21. The van der Waals surface area contributed by atoms with Gasteiger partial charge >= 0.3 is 0 Å². The summed E-state index contributed by atoms with van der Waals surface area (Å²) in [7, 11) is 0. The molecule has 2 heterocycles. The van der Waals surface area contributed by atoms with Gasteiger partial charge in [-0.2, -0.15) is 0 Å². The number of nitrogens with zero attached hydrogens (tertiary/aromatic N) is 2. The lowest BCUT2D eigenvalue weighted by atomic mass is 9.99. The van der Waals surface area contributed by atoms with Gasteiger partial charge in [0, 0.05) is 18.7 Å². The van der Waals surface area contributed by atoms with Crippen LogP contribution in [0.4, 0.5) is 11.5 Å². The zero-order chi connectivity index (χ0) is 21.0. The standard InChI is InChI=1S/C20H25N5O3S/c1-12-3-5-14(6-4-12)18(27)22-16-17(21)23-20(24-19(16)28)29-11-15(26)25-9-7-13(2)8-10-25/h3-6,13H,7-11H2,1-2H3,(H,22,27)(H3,21,23,24,28). The third-order valence-corrected chi connectivity index (χ3v) is 5.80. The van der Waals surface area contributed by atoms with Crippen LogP contribution in [0, 0.1) is 12.8 Å². The molecule has 154 valence electrons. The first-order valence-electron chi connectivity index (χ1n) is 9.52. The van der Waals surface area contributed by atoms with Crippen LogP contribution in [0.15, 0.2) is 34.2 Å². The van der Waals surface area contributed by atoms with Gasteiger partial charge in [-0.25, -0.2) is 4.98 Å². The highest BCUT2D eigenvalue weighted by atomic mass is 32.2. The highest BCUT2D eigenvalue weighted by Crippen LogP contribution is 2.20. The maximum absolute atomic E-state index is 12.4. The molecule has 8 nitrogen and oxygen atoms in total. The number of aryl methyl sites for hydroxylation is 1. The number of rotatable bonds is 5. The number of piperidine rings is 1. The largest absolute Gasteiger partial charge is 0.382 e. The second-order valence-electron chi connectivity index (χ2n) is 7.30. The Kier molecular flexibility index (Phi) is 6.58. The van der Waals surface area contributed by atoms with Gasteiger partial charge in [0.05, 0.1) is 5.75 Å². The Morgan fingerprint density at radius 1 is 1.28 bits per heavy atom. The molecule has 3 rings (SSSR count). The molecule has 0 atom stereocenters. The number of anilines is 2. The smallest absolute Gasteiger partial charge is 0.277 e. The maximum atomic E-state index is 12.4. The molecule has 0 spiro atoms. The van der Waals surface area contributed by atoms with E-state index >= 15 is 0 Å². The third kappa shape index (κ3) is 5.38. The molecule has 2 aromatic rings. The maximum Gasteiger partial charge on any atom is 0.277 e. The van der Waals surface area contributed by atoms with Gasteiger partial charge in [-0.1, -0.05) is 36.4 Å². The van der Waals surface area contributed by atoms with Crippen molar-refractivity contribution in [2.45, 2.75) is 31.8 Å². The van der Waals surface area contributed by atoms with E-state index in [4.69, 9.17) is 5.73 Å². The summed E-state index contributed by atoms with van der Waals surface area (Å²) in [5.41, 5.74) is 6.66. The van der Waals surface area contributed by atoms with Gasteiger partial charge in [0.15, 0.2) is 11.0 Å². The van der Waals surface area contributed by atoms with Crippen LogP contribution < -0.4 is 16.6 Å². The van der Waals surface area contributed by atoms with Crippen LogP contribution in [0.3, 0.4) is 0 Å². The molecule has 0 radical (unpaired) electrons. The number of nitrogens with two attached hydrogens (primary N) is 1. The molecule has 0 saturated carbocycles. The van der Waals surface area contributed by atoms with Gasteiger partial charge in [0.25, 0.3) is 11.5 Å². The van der Waals surface area contributed by atoms with Crippen molar-refractivity contribution >= 4 is 35.1 Å². The summed E-state index contributed by atoms with van der Waals surface area (Å²) in [6.45, 7) is 5.63. The van der Waals surface area contributed by atoms with Crippen LogP contribution in [0.25, 0.3) is 0 Å². The number of hydrogen-bond acceptors (Lipinski definition) is 6. The number of nitrogen functional groups attached to an aromatic ring is 1. The number of likely N-dealkylation sites (tertiary alicyclic amines) is 1. The molecule has 1 fully saturated rings. The predicted molar refractivity (Wildman–Crippen MR) is 114 cm³/mol. The Labute approximate surface area is 173 Å². The summed E-state index contributed by atoms with van der Waals surface area (Å²) >= 11 is 1.13. The lowest BCUT2D eigenvalue weighted by Gasteiger charge is -2.30. The van der Waals surface area contributed by atoms with Crippen LogP contribution >= 0.6 is 11.8 Å². The molecule has 1 saturated heterocycles. The topological polar surface area (TPSA) is 121 Å². The molecule has 0 unspecified atom stereocenters. The second kappa shape index (κ2) is 9.13. The van der Waals surface area contributed by atoms with Crippen LogP contribution in [0.2, 0.25) is 0 Å². The fraction of sp³-hybridized carbons (Fsp3) is 0.400. The van der Waals surface area contributed by atoms with Crippen molar-refractivity contribution in [3.05, 3.63) is 45.7 Å². The number of nitrogens with one attached hydrogen (secondary N) is 2. The van der Waals surface area contributed by atoms with Gasteiger partial charge in [-0.05, 0) is 37.8 Å². The molecule has 1 aliphatic heterocycles. The number of benzene rings is 1. The number of aromatic amines is 1. The zero-order valence-electron chi connectivity index (χ0n) is 16.5. The third-order valence-electron chi connectivity index (χ3n) is 4.95. The van der Waals surface area contributed by atoms with E-state index in [2.05, 4.69) is 22.2 Å². The quantitative estimate of drug-likeness (QED) is 0.509. The van der Waals surface area contributed by atoms with Crippen LogP contribution in [0.5, 0.6) is 0 Å². The van der Waals surface area contributed by atoms with E-state index < -0.39 is 11.5 Å². The van der Waals surface area contributed by atoms with Crippen molar-refractivity contribution in [3.8, 4) is 0 Å². The monoisotopic (exact) mass is 415 g/mol. The van der Waals surface area contributed by atoms with Crippen molar-refractivity contribution in [2.75, 3.05) is 29.9 Å². The van der Waals surface area contributed by atoms with E-state index in [1.807, 2.05) is 11.8 Å². The van der Waals surface area contributed by atoms with Crippen molar-refractivity contribution in [2.24, 2.45) is 5.92 Å². The second-order valence-corrected chi connectivity index (χ2v) is 8.27. The molecular formula is C20H25N5O3S. The Morgan fingerprint density at radius 3 is 2.55 bits per heavy atom. The first-order chi connectivity index (χ1) is 13.8. The summed E-state index contributed by atoms with van der Waals surface area (Å²) in [6.07, 6.45) is 2.02. The van der Waals surface area contributed by atoms with E-state index in [-0.39, 0.29) is 28.3 Å². The molecule has 1 aromatic carbocycles. The summed E-state index contributed by atoms with van der Waals surface area (Å²) in [5, 5.41) is 2.76. The molecule has 4 N–H and O–H groups in total. The number of aromatic nitrogens is 2. The number of amides is 2. The average molecular weight is 416 g/mol. The molecule has 29 heavy (non-hydrogen) atoms. The molecule has 0 aliphatic carbocycles. The molecule has 0 bridgehead atoms. The van der Waals surface area contributed by atoms with E-state index in [0.29, 0.717) is 11.5 Å². The van der Waals surface area contributed by atoms with Crippen molar-refractivity contribution in [1.82, 2.24) is 14.9 Å². The van der Waals surface area contributed by atoms with E-state index in [9.17, 15) is 14.4 Å². The lowest BCUT2D eigenvalue weighted by molar-refractivity contribution is -0.129. The van der Waals surface area contributed by atoms with Gasteiger partial charge in [-0.15, -0.1) is 0 Å². The minimum atomic E-state index is -0.556. The lowest BCUT2D eigenvalue weighted by Crippen LogP contribution is -2.39. The van der Waals surface area contributed by atoms with Crippen molar-refractivity contribution in [3.63, 3.8) is 0 Å². The van der Waals surface area contributed by atoms with Gasteiger partial charge < -0.3 is 16.0 Å². The zero-order valence-corrected chi connectivity index (χ0v) is 17.3. The number of thioether (sulfide) groups is 1. The number of H-pyrrole nitrogens is 1. The number of carbonyl (C=O) groups is 2. The molecule has 1 aliphatic rings. The van der Waals surface area contributed by atoms with Gasteiger partial charge in [0.2, 0.25) is 5.91 Å². The summed E-state index contributed by atoms with van der Waals surface area (Å²) in [6, 6.07) is 6.94. The van der Waals surface area contributed by atoms with Gasteiger partial charge in [0.1, 0.15) is 5.69 Å². The molecule has 9 heteroatoms. The van der Waals surface area contributed by atoms with Crippen LogP contribution in [-0.4, -0.2) is 45.5 Å². The Morgan fingerprint density at radius 2 is 1.93 bits per heavy atom. The fourth-order valence-electron chi connectivity index (χ4n) is 3.03. The highest BCUT2D eigenvalue weighted by molar-refractivity contribution is 7.99. The average Bonchev–Trinajstić information content (AvgIpc) is 2.70. The number of hydrogen-bond donors (Lipinski definition) is 3. The molecular weight excluding hydrogens is 390 g/mol. The van der Waals surface area contributed by atoms with Crippen LogP contribution in [-0.2, 0) is 4.79 Å². The minimum Gasteiger partial charge on any atom is -0.382 e. The van der Waals surface area contributed by atoms with E-state index in [1.54, 1.807) is 24.3 Å². The normalized spacial score (nSPS) is 14.6. The first-order valence-corrected chi connectivity index (χ1v) is 10.5. The summed E-state index contributed by atoms with van der Waals surface area (Å²) in [4.78, 5) is 45.6. The van der Waals surface area contributed by atoms with Gasteiger partial charge in [-0.3, -0.25) is 19.4 Å². The Hall–Kier alpha value is -2.81. The predicted octanol–water partition coefficient (Wildman–Crippen LogP) is 2.26. The summed E-state index contributed by atoms with van der Waals surface area (Å²) < 4.78 is 0. The minimum absolute atomic E-state index is 0.0138. The molecule has 1 aromatic heterocycles. The van der Waals surface area contributed by atoms with Crippen molar-refractivity contribution < 1.29 is 9.59 Å². The van der Waals surface area contributed by atoms with E-state index in [1.165, 1.54) is 0 Å². The Balaban J connectivity index is 1.63.